The van der Waals surface area contributed by atoms with E-state index in [4.69, 9.17) is 0 Å². The number of rotatable bonds is 2. The van der Waals surface area contributed by atoms with E-state index in [9.17, 15) is 14.4 Å². The minimum Gasteiger partial charge on any atom is -0.350 e. The molecule has 2 heterocycles. The van der Waals surface area contributed by atoms with Crippen LogP contribution in [0.4, 0.5) is 0 Å². The average Bonchev–Trinajstić information content (AvgIpc) is 2.75. The molecule has 1 aromatic carbocycles. The smallest absolute Gasteiger partial charge is 0.234 e. The van der Waals surface area contributed by atoms with Gasteiger partial charge in [0.25, 0.3) is 0 Å². The molecular formula is C15H14N2O3. The second kappa shape index (κ2) is 4.59. The van der Waals surface area contributed by atoms with Gasteiger partial charge in [0.2, 0.25) is 11.8 Å². The summed E-state index contributed by atoms with van der Waals surface area (Å²) in [7, 11) is 1.88. The van der Waals surface area contributed by atoms with E-state index < -0.39 is 0 Å². The van der Waals surface area contributed by atoms with Crippen LogP contribution in [0.3, 0.4) is 0 Å². The number of aromatic nitrogens is 1. The first kappa shape index (κ1) is 12.6. The maximum Gasteiger partial charge on any atom is 0.234 e. The van der Waals surface area contributed by atoms with Crippen molar-refractivity contribution in [2.45, 2.75) is 18.8 Å². The van der Waals surface area contributed by atoms with Gasteiger partial charge in [-0.25, -0.2) is 0 Å². The standard InChI is InChI=1S/C15H14N2O3/c1-17-7-12(11-4-5-14(19)16-15(11)20)10-3-2-9(8-18)6-13(10)17/h2-3,6-8,11H,4-5H2,1H3,(H,16,19,20). The predicted molar refractivity (Wildman–Crippen MR) is 73.4 cm³/mol. The van der Waals surface area contributed by atoms with Crippen molar-refractivity contribution in [2.24, 2.45) is 7.05 Å². The van der Waals surface area contributed by atoms with Crippen molar-refractivity contribution in [2.75, 3.05) is 0 Å². The third-order valence-electron chi connectivity index (χ3n) is 3.80. The lowest BCUT2D eigenvalue weighted by Gasteiger charge is -2.20. The number of hydrogen-bond acceptors (Lipinski definition) is 3. The second-order valence-corrected chi connectivity index (χ2v) is 5.09. The fourth-order valence-electron chi connectivity index (χ4n) is 2.77. The Kier molecular flexibility index (Phi) is 2.89. The number of nitrogens with one attached hydrogen (secondary N) is 1. The Labute approximate surface area is 115 Å². The molecule has 3 rings (SSSR count). The Morgan fingerprint density at radius 2 is 2.15 bits per heavy atom. The molecule has 5 nitrogen and oxygen atoms in total. The number of carbonyl (C=O) groups excluding carboxylic acids is 3. The summed E-state index contributed by atoms with van der Waals surface area (Å²) in [5.41, 5.74) is 2.42. The highest BCUT2D eigenvalue weighted by molar-refractivity contribution is 6.03. The number of nitrogens with zero attached hydrogens (tertiary/aromatic N) is 1. The molecule has 1 N–H and O–H groups in total. The number of imide groups is 1. The van der Waals surface area contributed by atoms with E-state index in [1.807, 2.05) is 23.9 Å². The van der Waals surface area contributed by atoms with Crippen LogP contribution in [0, 0.1) is 0 Å². The Bertz CT molecular complexity index is 730. The molecule has 1 unspecified atom stereocenters. The molecule has 20 heavy (non-hydrogen) atoms. The first-order valence-electron chi connectivity index (χ1n) is 6.48. The number of hydrogen-bond donors (Lipinski definition) is 1. The van der Waals surface area contributed by atoms with Gasteiger partial charge in [-0.2, -0.15) is 0 Å². The van der Waals surface area contributed by atoms with Crippen LogP contribution in [-0.4, -0.2) is 22.7 Å². The van der Waals surface area contributed by atoms with Crippen molar-refractivity contribution < 1.29 is 14.4 Å². The quantitative estimate of drug-likeness (QED) is 0.664. The maximum absolute atomic E-state index is 12.0. The number of amides is 2. The fraction of sp³-hybridized carbons (Fsp3) is 0.267. The monoisotopic (exact) mass is 270 g/mol. The van der Waals surface area contributed by atoms with Gasteiger partial charge in [-0.1, -0.05) is 12.1 Å². The summed E-state index contributed by atoms with van der Waals surface area (Å²) in [5, 5.41) is 3.33. The van der Waals surface area contributed by atoms with Crippen LogP contribution in [0.15, 0.2) is 24.4 Å². The van der Waals surface area contributed by atoms with E-state index >= 15 is 0 Å². The van der Waals surface area contributed by atoms with Gasteiger partial charge in [0.15, 0.2) is 0 Å². The zero-order valence-corrected chi connectivity index (χ0v) is 11.1. The van der Waals surface area contributed by atoms with Crippen LogP contribution >= 0.6 is 0 Å². The Balaban J connectivity index is 2.10. The molecule has 102 valence electrons. The topological polar surface area (TPSA) is 68.2 Å². The van der Waals surface area contributed by atoms with Crippen molar-refractivity contribution >= 4 is 29.0 Å². The largest absolute Gasteiger partial charge is 0.350 e. The van der Waals surface area contributed by atoms with Crippen LogP contribution in [0.1, 0.15) is 34.7 Å². The van der Waals surface area contributed by atoms with Gasteiger partial charge in [0.1, 0.15) is 6.29 Å². The molecule has 1 aliphatic heterocycles. The van der Waals surface area contributed by atoms with Crippen LogP contribution < -0.4 is 5.32 Å². The van der Waals surface area contributed by atoms with E-state index in [0.29, 0.717) is 18.4 Å². The highest BCUT2D eigenvalue weighted by Gasteiger charge is 2.30. The summed E-state index contributed by atoms with van der Waals surface area (Å²) in [4.78, 5) is 34.1. The lowest BCUT2D eigenvalue weighted by atomic mass is 9.90. The summed E-state index contributed by atoms with van der Waals surface area (Å²) in [6.07, 6.45) is 3.59. The molecule has 0 radical (unpaired) electrons. The van der Waals surface area contributed by atoms with E-state index in [1.165, 1.54) is 0 Å². The molecule has 1 aliphatic rings. The molecule has 2 amide bonds. The van der Waals surface area contributed by atoms with Crippen LogP contribution in [0.2, 0.25) is 0 Å². The summed E-state index contributed by atoms with van der Waals surface area (Å²) in [6, 6.07) is 5.40. The van der Waals surface area contributed by atoms with E-state index in [-0.39, 0.29) is 17.7 Å². The van der Waals surface area contributed by atoms with Gasteiger partial charge in [-0.3, -0.25) is 19.7 Å². The van der Waals surface area contributed by atoms with Crippen molar-refractivity contribution in [1.29, 1.82) is 0 Å². The number of benzene rings is 1. The predicted octanol–water partition coefficient (Wildman–Crippen LogP) is 1.51. The summed E-state index contributed by atoms with van der Waals surface area (Å²) >= 11 is 0. The molecule has 0 bridgehead atoms. The Hall–Kier alpha value is -2.43. The number of fused-ring (bicyclic) bond motifs is 1. The molecule has 0 spiro atoms. The molecular weight excluding hydrogens is 256 g/mol. The molecule has 1 fully saturated rings. The highest BCUT2D eigenvalue weighted by atomic mass is 16.2. The Morgan fingerprint density at radius 1 is 1.35 bits per heavy atom. The number of carbonyl (C=O) groups is 3. The molecule has 1 saturated heterocycles. The third-order valence-corrected chi connectivity index (χ3v) is 3.80. The van der Waals surface area contributed by atoms with Crippen molar-refractivity contribution in [1.82, 2.24) is 9.88 Å². The van der Waals surface area contributed by atoms with Crippen molar-refractivity contribution in [3.8, 4) is 0 Å². The lowest BCUT2D eigenvalue weighted by molar-refractivity contribution is -0.134. The number of piperidine rings is 1. The average molecular weight is 270 g/mol. The first-order valence-corrected chi connectivity index (χ1v) is 6.48. The second-order valence-electron chi connectivity index (χ2n) is 5.09. The van der Waals surface area contributed by atoms with Crippen molar-refractivity contribution in [3.05, 3.63) is 35.5 Å². The van der Waals surface area contributed by atoms with Gasteiger partial charge < -0.3 is 4.57 Å². The number of aldehydes is 1. The molecule has 1 aromatic heterocycles. The van der Waals surface area contributed by atoms with Gasteiger partial charge in [0, 0.05) is 36.1 Å². The SMILES string of the molecule is Cn1cc(C2CCC(=O)NC2=O)c2ccc(C=O)cc21. The van der Waals surface area contributed by atoms with E-state index in [0.717, 1.165) is 22.8 Å². The highest BCUT2D eigenvalue weighted by Crippen LogP contribution is 2.32. The van der Waals surface area contributed by atoms with E-state index in [2.05, 4.69) is 5.32 Å². The zero-order valence-electron chi connectivity index (χ0n) is 11.1. The molecule has 0 saturated carbocycles. The molecule has 5 heteroatoms. The summed E-state index contributed by atoms with van der Waals surface area (Å²) in [5.74, 6) is -0.763. The molecule has 0 aliphatic carbocycles. The fourth-order valence-corrected chi connectivity index (χ4v) is 2.77. The third kappa shape index (κ3) is 1.91. The Morgan fingerprint density at radius 3 is 2.85 bits per heavy atom. The van der Waals surface area contributed by atoms with Crippen LogP contribution in [0.5, 0.6) is 0 Å². The number of aryl methyl sites for hydroxylation is 1. The van der Waals surface area contributed by atoms with Crippen LogP contribution in [-0.2, 0) is 16.6 Å². The minimum absolute atomic E-state index is 0.213. The maximum atomic E-state index is 12.0. The van der Waals surface area contributed by atoms with Gasteiger partial charge in [-0.15, -0.1) is 0 Å². The van der Waals surface area contributed by atoms with Gasteiger partial charge in [-0.05, 0) is 18.1 Å². The summed E-state index contributed by atoms with van der Waals surface area (Å²) in [6.45, 7) is 0. The van der Waals surface area contributed by atoms with Crippen LogP contribution in [0.25, 0.3) is 10.9 Å². The van der Waals surface area contributed by atoms with Gasteiger partial charge >= 0.3 is 0 Å². The molecule has 2 aromatic rings. The van der Waals surface area contributed by atoms with Gasteiger partial charge in [0.05, 0.1) is 5.92 Å². The zero-order chi connectivity index (χ0) is 14.3. The van der Waals surface area contributed by atoms with E-state index in [1.54, 1.807) is 12.1 Å². The molecule has 1 atom stereocenters. The van der Waals surface area contributed by atoms with Crippen molar-refractivity contribution in [3.63, 3.8) is 0 Å². The first-order chi connectivity index (χ1) is 9.60. The normalized spacial score (nSPS) is 19.1. The summed E-state index contributed by atoms with van der Waals surface area (Å²) < 4.78 is 1.90. The lowest BCUT2D eigenvalue weighted by Crippen LogP contribution is -2.39. The minimum atomic E-state index is -0.307.